The molecule has 0 bridgehead atoms. The maximum atomic E-state index is 12.8. The minimum absolute atomic E-state index is 0.133. The van der Waals surface area contributed by atoms with Crippen molar-refractivity contribution in [1.82, 2.24) is 0 Å². The molecule has 4 rings (SSSR count). The molecule has 0 atom stereocenters. The summed E-state index contributed by atoms with van der Waals surface area (Å²) in [6, 6.07) is 24.9. The predicted molar refractivity (Wildman–Crippen MR) is 131 cm³/mol. The molecule has 172 valence electrons. The molecule has 1 aromatic heterocycles. The van der Waals surface area contributed by atoms with E-state index in [1.54, 1.807) is 36.4 Å². The molecule has 0 saturated carbocycles. The van der Waals surface area contributed by atoms with E-state index in [0.29, 0.717) is 27.8 Å². The molecule has 0 aliphatic rings. The fraction of sp³-hybridized carbons (Fsp3) is 0.0769. The Morgan fingerprint density at radius 2 is 1.68 bits per heavy atom. The fourth-order valence-corrected chi connectivity index (χ4v) is 4.04. The van der Waals surface area contributed by atoms with Crippen LogP contribution in [0.3, 0.4) is 0 Å². The summed E-state index contributed by atoms with van der Waals surface area (Å²) in [5.41, 5.74) is 1.11. The van der Waals surface area contributed by atoms with Crippen LogP contribution < -0.4 is 10.1 Å². The Bertz CT molecular complexity index is 1290. The lowest BCUT2D eigenvalue weighted by molar-refractivity contribution is 0.0600. The normalized spacial score (nSPS) is 10.5. The van der Waals surface area contributed by atoms with Crippen LogP contribution in [0.1, 0.15) is 26.7 Å². The summed E-state index contributed by atoms with van der Waals surface area (Å²) in [4.78, 5) is 26.2. The molecule has 1 N–H and O–H groups in total. The van der Waals surface area contributed by atoms with Crippen LogP contribution in [0.2, 0.25) is 5.02 Å². The smallest absolute Gasteiger partial charge is 0.337 e. The number of rotatable bonds is 8. The van der Waals surface area contributed by atoms with Crippen molar-refractivity contribution in [3.63, 3.8) is 0 Å². The van der Waals surface area contributed by atoms with Crippen molar-refractivity contribution in [2.24, 2.45) is 0 Å². The second-order valence-electron chi connectivity index (χ2n) is 7.08. The lowest BCUT2D eigenvalue weighted by Gasteiger charge is -2.10. The Labute approximate surface area is 205 Å². The molecular weight excluding hydrogens is 474 g/mol. The van der Waals surface area contributed by atoms with Crippen LogP contribution in [-0.4, -0.2) is 19.0 Å². The number of furan rings is 1. The molecule has 0 aliphatic carbocycles. The van der Waals surface area contributed by atoms with Gasteiger partial charge in [0.05, 0.1) is 18.4 Å². The molecule has 0 spiro atoms. The number of benzene rings is 3. The van der Waals surface area contributed by atoms with E-state index in [9.17, 15) is 9.59 Å². The Morgan fingerprint density at radius 3 is 2.41 bits per heavy atom. The van der Waals surface area contributed by atoms with Gasteiger partial charge in [0.2, 0.25) is 0 Å². The van der Waals surface area contributed by atoms with Gasteiger partial charge in [0.15, 0.2) is 5.76 Å². The van der Waals surface area contributed by atoms with Crippen molar-refractivity contribution < 1.29 is 23.5 Å². The number of halogens is 1. The lowest BCUT2D eigenvalue weighted by atomic mass is 10.2. The summed E-state index contributed by atoms with van der Waals surface area (Å²) in [6.07, 6.45) is 0. The maximum Gasteiger partial charge on any atom is 0.337 e. The van der Waals surface area contributed by atoms with Gasteiger partial charge < -0.3 is 19.2 Å². The monoisotopic (exact) mass is 493 g/mol. The van der Waals surface area contributed by atoms with Crippen molar-refractivity contribution in [1.29, 1.82) is 0 Å². The van der Waals surface area contributed by atoms with Crippen molar-refractivity contribution in [3.8, 4) is 5.75 Å². The van der Waals surface area contributed by atoms with E-state index in [1.165, 1.54) is 18.9 Å². The van der Waals surface area contributed by atoms with Gasteiger partial charge in [0.1, 0.15) is 18.1 Å². The second-order valence-corrected chi connectivity index (χ2v) is 8.63. The minimum atomic E-state index is -0.415. The van der Waals surface area contributed by atoms with Gasteiger partial charge in [-0.1, -0.05) is 35.5 Å². The van der Waals surface area contributed by atoms with Gasteiger partial charge in [-0.25, -0.2) is 4.79 Å². The number of carbonyl (C=O) groups excluding carboxylic acids is 2. The average Bonchev–Trinajstić information content (AvgIpc) is 3.34. The summed E-state index contributed by atoms with van der Waals surface area (Å²) in [5, 5.41) is 3.57. The third-order valence-corrected chi connectivity index (χ3v) is 6.05. The zero-order chi connectivity index (χ0) is 23.9. The average molecular weight is 494 g/mol. The molecule has 0 fully saturated rings. The number of ether oxygens (including phenoxy) is 2. The molecular formula is C26H20ClNO5S. The zero-order valence-electron chi connectivity index (χ0n) is 18.1. The number of hydrogen-bond acceptors (Lipinski definition) is 6. The van der Waals surface area contributed by atoms with Gasteiger partial charge in [-0.05, 0) is 72.8 Å². The first-order chi connectivity index (χ1) is 16.5. The second kappa shape index (κ2) is 11.0. The Kier molecular flexibility index (Phi) is 7.57. The number of anilines is 1. The summed E-state index contributed by atoms with van der Waals surface area (Å²) < 4.78 is 16.0. The highest BCUT2D eigenvalue weighted by molar-refractivity contribution is 7.99. The summed E-state index contributed by atoms with van der Waals surface area (Å²) in [7, 11) is 1.33. The van der Waals surface area contributed by atoms with Crippen LogP contribution in [0.5, 0.6) is 5.75 Å². The van der Waals surface area contributed by atoms with E-state index >= 15 is 0 Å². The first-order valence-electron chi connectivity index (χ1n) is 10.3. The van der Waals surface area contributed by atoms with E-state index in [1.807, 2.05) is 48.5 Å². The van der Waals surface area contributed by atoms with Gasteiger partial charge in [0, 0.05) is 14.8 Å². The SMILES string of the molecule is COC(=O)c1ccc(OCc2ccc(C(=O)Nc3ccccc3Sc3ccc(Cl)cc3)o2)cc1. The molecule has 0 unspecified atom stereocenters. The number of nitrogens with one attached hydrogen (secondary N) is 1. The molecule has 0 saturated heterocycles. The van der Waals surface area contributed by atoms with E-state index in [-0.39, 0.29) is 18.3 Å². The van der Waals surface area contributed by atoms with Crippen LogP contribution in [0, 0.1) is 0 Å². The van der Waals surface area contributed by atoms with Crippen LogP contribution in [-0.2, 0) is 11.3 Å². The quantitative estimate of drug-likeness (QED) is 0.275. The van der Waals surface area contributed by atoms with E-state index < -0.39 is 5.97 Å². The molecule has 4 aromatic rings. The van der Waals surface area contributed by atoms with Crippen LogP contribution in [0.15, 0.2) is 99.1 Å². The van der Waals surface area contributed by atoms with Gasteiger partial charge in [-0.15, -0.1) is 0 Å². The Morgan fingerprint density at radius 1 is 0.941 bits per heavy atom. The number of hydrogen-bond donors (Lipinski definition) is 1. The van der Waals surface area contributed by atoms with Gasteiger partial charge >= 0.3 is 5.97 Å². The van der Waals surface area contributed by atoms with Crippen LogP contribution >= 0.6 is 23.4 Å². The van der Waals surface area contributed by atoms with Crippen molar-refractivity contribution in [2.45, 2.75) is 16.4 Å². The van der Waals surface area contributed by atoms with E-state index in [2.05, 4.69) is 10.1 Å². The molecule has 3 aromatic carbocycles. The largest absolute Gasteiger partial charge is 0.486 e. The highest BCUT2D eigenvalue weighted by Gasteiger charge is 2.14. The first kappa shape index (κ1) is 23.5. The van der Waals surface area contributed by atoms with Gasteiger partial charge in [0.25, 0.3) is 5.91 Å². The molecule has 1 amide bonds. The Hall–Kier alpha value is -3.68. The molecule has 0 aliphatic heterocycles. The maximum absolute atomic E-state index is 12.8. The highest BCUT2D eigenvalue weighted by atomic mass is 35.5. The first-order valence-corrected chi connectivity index (χ1v) is 11.4. The summed E-state index contributed by atoms with van der Waals surface area (Å²) in [5.74, 6) is 0.444. The Balaban J connectivity index is 1.37. The molecule has 0 radical (unpaired) electrons. The van der Waals surface area contributed by atoms with E-state index in [0.717, 1.165) is 9.79 Å². The molecule has 34 heavy (non-hydrogen) atoms. The number of para-hydroxylation sites is 1. The van der Waals surface area contributed by atoms with Crippen molar-refractivity contribution in [3.05, 3.63) is 107 Å². The topological polar surface area (TPSA) is 77.8 Å². The highest BCUT2D eigenvalue weighted by Crippen LogP contribution is 2.34. The number of esters is 1. The van der Waals surface area contributed by atoms with Crippen LogP contribution in [0.25, 0.3) is 0 Å². The minimum Gasteiger partial charge on any atom is -0.486 e. The predicted octanol–water partition coefficient (Wildman–Crippen LogP) is 6.70. The molecule has 6 nitrogen and oxygen atoms in total. The van der Waals surface area contributed by atoms with Gasteiger partial charge in [-0.3, -0.25) is 4.79 Å². The number of carbonyl (C=O) groups is 2. The number of methoxy groups -OCH3 is 1. The standard InChI is InChI=1S/C26H20ClNO5S/c1-31-26(30)17-6-10-19(11-7-17)32-16-20-12-15-23(33-20)25(29)28-22-4-2-3-5-24(22)34-21-13-8-18(27)9-14-21/h2-15H,16H2,1H3,(H,28,29). The third-order valence-electron chi connectivity index (χ3n) is 4.72. The fourth-order valence-electron chi connectivity index (χ4n) is 3.01. The van der Waals surface area contributed by atoms with Crippen molar-refractivity contribution >= 4 is 40.9 Å². The van der Waals surface area contributed by atoms with Crippen LogP contribution in [0.4, 0.5) is 5.69 Å². The lowest BCUT2D eigenvalue weighted by Crippen LogP contribution is -2.11. The van der Waals surface area contributed by atoms with Gasteiger partial charge in [-0.2, -0.15) is 0 Å². The summed E-state index contributed by atoms with van der Waals surface area (Å²) >= 11 is 7.48. The van der Waals surface area contributed by atoms with Crippen molar-refractivity contribution in [2.75, 3.05) is 12.4 Å². The third kappa shape index (κ3) is 6.01. The van der Waals surface area contributed by atoms with E-state index in [4.69, 9.17) is 20.8 Å². The zero-order valence-corrected chi connectivity index (χ0v) is 19.7. The molecule has 8 heteroatoms. The summed E-state index contributed by atoms with van der Waals surface area (Å²) in [6.45, 7) is 0.133. The molecule has 1 heterocycles. The number of amides is 1.